The minimum Gasteiger partial charge on any atom is -0.269 e. The lowest BCUT2D eigenvalue weighted by molar-refractivity contribution is 0.603. The standard InChI is InChI=1S/C6H2Cl3OP/c7-3-1-2-4(11-10)6(9)5(3)8/h1-2H. The largest absolute Gasteiger partial charge is 0.269 e. The summed E-state index contributed by atoms with van der Waals surface area (Å²) in [5.74, 6) is 0. The third-order valence-corrected chi connectivity index (χ3v) is 3.11. The van der Waals surface area contributed by atoms with Gasteiger partial charge in [0.15, 0.2) is 8.46 Å². The van der Waals surface area contributed by atoms with E-state index in [1.165, 1.54) is 0 Å². The van der Waals surface area contributed by atoms with E-state index in [0.29, 0.717) is 10.3 Å². The molecule has 0 aliphatic heterocycles. The Morgan fingerprint density at radius 3 is 2.27 bits per heavy atom. The van der Waals surface area contributed by atoms with Crippen LogP contribution in [-0.2, 0) is 4.57 Å². The first kappa shape index (κ1) is 9.28. The molecule has 0 radical (unpaired) electrons. The topological polar surface area (TPSA) is 17.1 Å². The van der Waals surface area contributed by atoms with Crippen LogP contribution in [0.2, 0.25) is 15.1 Å². The van der Waals surface area contributed by atoms with E-state index >= 15 is 0 Å². The predicted molar refractivity (Wildman–Crippen MR) is 48.7 cm³/mol. The van der Waals surface area contributed by atoms with E-state index in [0.717, 1.165) is 0 Å². The summed E-state index contributed by atoms with van der Waals surface area (Å²) in [5, 5.41) is 1.30. The van der Waals surface area contributed by atoms with E-state index in [2.05, 4.69) is 0 Å². The first-order valence-corrected chi connectivity index (χ1v) is 4.58. The van der Waals surface area contributed by atoms with Gasteiger partial charge in [-0.2, -0.15) is 0 Å². The molecule has 0 bridgehead atoms. The van der Waals surface area contributed by atoms with Gasteiger partial charge in [0.05, 0.1) is 20.4 Å². The summed E-state index contributed by atoms with van der Waals surface area (Å²) in [4.78, 5) is 0. The second kappa shape index (κ2) is 3.73. The minimum absolute atomic E-state index is 0.155. The van der Waals surface area contributed by atoms with Crippen molar-refractivity contribution in [1.82, 2.24) is 0 Å². The fourth-order valence-electron chi connectivity index (χ4n) is 0.586. The van der Waals surface area contributed by atoms with Crippen molar-refractivity contribution in [2.75, 3.05) is 0 Å². The molecule has 11 heavy (non-hydrogen) atoms. The Hall–Kier alpha value is 0.190. The van der Waals surface area contributed by atoms with Gasteiger partial charge in [0.25, 0.3) is 0 Å². The molecule has 1 nitrogen and oxygen atoms in total. The quantitative estimate of drug-likeness (QED) is 0.529. The van der Waals surface area contributed by atoms with Gasteiger partial charge in [-0.25, -0.2) is 0 Å². The number of halogens is 3. The predicted octanol–water partition coefficient (Wildman–Crippen LogP) is 3.56. The van der Waals surface area contributed by atoms with Crippen molar-refractivity contribution in [2.24, 2.45) is 0 Å². The molecule has 0 saturated heterocycles. The summed E-state index contributed by atoms with van der Waals surface area (Å²) in [5.41, 5.74) is 0. The maximum atomic E-state index is 10.4. The highest BCUT2D eigenvalue weighted by Gasteiger charge is 2.07. The van der Waals surface area contributed by atoms with Crippen molar-refractivity contribution >= 4 is 48.6 Å². The number of benzene rings is 1. The van der Waals surface area contributed by atoms with Gasteiger partial charge < -0.3 is 0 Å². The summed E-state index contributed by atoms with van der Waals surface area (Å²) < 4.78 is 10.4. The lowest BCUT2D eigenvalue weighted by Gasteiger charge is -1.98. The average Bonchev–Trinajstić information content (AvgIpc) is 2.01. The van der Waals surface area contributed by atoms with Gasteiger partial charge in [-0.05, 0) is 12.1 Å². The van der Waals surface area contributed by atoms with Crippen LogP contribution < -0.4 is 5.30 Å². The zero-order chi connectivity index (χ0) is 8.43. The molecule has 0 spiro atoms. The van der Waals surface area contributed by atoms with Gasteiger partial charge in [-0.1, -0.05) is 34.8 Å². The monoisotopic (exact) mass is 226 g/mol. The van der Waals surface area contributed by atoms with Crippen LogP contribution in [-0.4, -0.2) is 0 Å². The molecular formula is C6H2Cl3OP. The van der Waals surface area contributed by atoms with Gasteiger partial charge in [-0.15, -0.1) is 0 Å². The van der Waals surface area contributed by atoms with Crippen LogP contribution >= 0.6 is 43.3 Å². The summed E-state index contributed by atoms with van der Waals surface area (Å²) in [6.45, 7) is 0. The van der Waals surface area contributed by atoms with Crippen molar-refractivity contribution in [2.45, 2.75) is 0 Å². The Kier molecular flexibility index (Phi) is 3.15. The van der Waals surface area contributed by atoms with Crippen LogP contribution in [0.25, 0.3) is 0 Å². The molecule has 0 aromatic heterocycles. The molecule has 0 fully saturated rings. The molecule has 0 N–H and O–H groups in total. The van der Waals surface area contributed by atoms with Crippen molar-refractivity contribution in [3.8, 4) is 0 Å². The molecule has 0 aliphatic carbocycles. The molecule has 0 atom stereocenters. The van der Waals surface area contributed by atoms with Gasteiger partial charge in [0.1, 0.15) is 0 Å². The highest BCUT2D eigenvalue weighted by molar-refractivity contribution is 7.34. The summed E-state index contributed by atoms with van der Waals surface area (Å²) >= 11 is 17.0. The molecule has 58 valence electrons. The Morgan fingerprint density at radius 1 is 1.09 bits per heavy atom. The van der Waals surface area contributed by atoms with Crippen LogP contribution in [0.5, 0.6) is 0 Å². The number of hydrogen-bond donors (Lipinski definition) is 0. The Labute approximate surface area is 80.5 Å². The molecule has 1 aromatic carbocycles. The lowest BCUT2D eigenvalue weighted by Crippen LogP contribution is -1.93. The molecule has 0 amide bonds. The van der Waals surface area contributed by atoms with E-state index in [1.807, 2.05) is 0 Å². The zero-order valence-electron chi connectivity index (χ0n) is 5.14. The first-order valence-electron chi connectivity index (χ1n) is 2.63. The van der Waals surface area contributed by atoms with Crippen molar-refractivity contribution < 1.29 is 4.57 Å². The summed E-state index contributed by atoms with van der Waals surface area (Å²) in [6.07, 6.45) is 0. The van der Waals surface area contributed by atoms with Crippen molar-refractivity contribution in [3.63, 3.8) is 0 Å². The zero-order valence-corrected chi connectivity index (χ0v) is 8.31. The Morgan fingerprint density at radius 2 is 1.73 bits per heavy atom. The van der Waals surface area contributed by atoms with E-state index < -0.39 is 0 Å². The molecular weight excluding hydrogens is 225 g/mol. The van der Waals surface area contributed by atoms with Gasteiger partial charge in [-0.3, -0.25) is 4.57 Å². The van der Waals surface area contributed by atoms with Gasteiger partial charge in [0.2, 0.25) is 0 Å². The Bertz CT molecular complexity index is 300. The molecule has 1 aromatic rings. The number of rotatable bonds is 1. The number of hydrogen-bond acceptors (Lipinski definition) is 1. The molecule has 0 aliphatic rings. The van der Waals surface area contributed by atoms with Crippen molar-refractivity contribution in [1.29, 1.82) is 0 Å². The van der Waals surface area contributed by atoms with E-state index in [9.17, 15) is 4.57 Å². The molecule has 5 heteroatoms. The van der Waals surface area contributed by atoms with Gasteiger partial charge >= 0.3 is 0 Å². The van der Waals surface area contributed by atoms with E-state index in [-0.39, 0.29) is 18.5 Å². The normalized spacial score (nSPS) is 10.5. The Balaban J connectivity index is 3.36. The fraction of sp³-hybridized carbons (Fsp3) is 0. The highest BCUT2D eigenvalue weighted by Crippen LogP contribution is 2.29. The molecule has 0 unspecified atom stereocenters. The highest BCUT2D eigenvalue weighted by atomic mass is 35.5. The second-order valence-electron chi connectivity index (χ2n) is 1.79. The summed E-state index contributed by atoms with van der Waals surface area (Å²) in [7, 11) is -0.155. The van der Waals surface area contributed by atoms with E-state index in [4.69, 9.17) is 34.8 Å². The van der Waals surface area contributed by atoms with Crippen LogP contribution in [0.3, 0.4) is 0 Å². The SMILES string of the molecule is O=Pc1ccc(Cl)c(Cl)c1Cl. The average molecular weight is 227 g/mol. The smallest absolute Gasteiger partial charge is 0.193 e. The van der Waals surface area contributed by atoms with Crippen LogP contribution in [0.1, 0.15) is 0 Å². The lowest BCUT2D eigenvalue weighted by atomic mass is 10.4. The maximum absolute atomic E-state index is 10.4. The molecule has 1 rings (SSSR count). The molecule has 0 heterocycles. The third-order valence-electron chi connectivity index (χ3n) is 1.11. The van der Waals surface area contributed by atoms with Crippen LogP contribution in [0, 0.1) is 0 Å². The first-order chi connectivity index (χ1) is 5.16. The fourth-order valence-corrected chi connectivity index (χ4v) is 1.62. The van der Waals surface area contributed by atoms with Crippen molar-refractivity contribution in [3.05, 3.63) is 27.2 Å². The summed E-state index contributed by atoms with van der Waals surface area (Å²) in [6, 6.07) is 3.11. The maximum Gasteiger partial charge on any atom is 0.193 e. The third kappa shape index (κ3) is 1.86. The minimum atomic E-state index is -0.155. The second-order valence-corrected chi connectivity index (χ2v) is 3.61. The van der Waals surface area contributed by atoms with Gasteiger partial charge in [0, 0.05) is 0 Å². The van der Waals surface area contributed by atoms with Crippen LogP contribution in [0.4, 0.5) is 0 Å². The molecule has 0 saturated carbocycles. The van der Waals surface area contributed by atoms with Crippen LogP contribution in [0.15, 0.2) is 12.1 Å². The van der Waals surface area contributed by atoms with E-state index in [1.54, 1.807) is 12.1 Å².